The van der Waals surface area contributed by atoms with E-state index in [4.69, 9.17) is 8.23 Å². The second-order valence-corrected chi connectivity index (χ2v) is 9.35. The Labute approximate surface area is 127 Å². The number of rotatable bonds is 11. The molecule has 0 spiro atoms. The van der Waals surface area contributed by atoms with Gasteiger partial charge in [0.15, 0.2) is 0 Å². The third-order valence-electron chi connectivity index (χ3n) is 2.70. The van der Waals surface area contributed by atoms with Crippen molar-refractivity contribution in [3.05, 3.63) is 0 Å². The zero-order valence-corrected chi connectivity index (χ0v) is 18.6. The van der Waals surface area contributed by atoms with Crippen LogP contribution in [0, 0.1) is 0 Å². The SMILES string of the molecule is CCCCCCCCCCC(=O)OC.[SiH3]O[SiH2]O[SiH3]. The van der Waals surface area contributed by atoms with Crippen LogP contribution in [0.4, 0.5) is 0 Å². The summed E-state index contributed by atoms with van der Waals surface area (Å²) in [5.41, 5.74) is 0. The second-order valence-electron chi connectivity index (χ2n) is 4.50. The van der Waals surface area contributed by atoms with Gasteiger partial charge in [-0.3, -0.25) is 4.79 Å². The topological polar surface area (TPSA) is 44.8 Å². The van der Waals surface area contributed by atoms with Crippen molar-refractivity contribution in [2.45, 2.75) is 64.7 Å². The van der Waals surface area contributed by atoms with Gasteiger partial charge in [-0.15, -0.1) is 0 Å². The molecule has 0 aromatic heterocycles. The predicted octanol–water partition coefficient (Wildman–Crippen LogP) is 0.269. The van der Waals surface area contributed by atoms with Gasteiger partial charge in [0, 0.05) is 6.42 Å². The van der Waals surface area contributed by atoms with E-state index in [-0.39, 0.29) is 5.97 Å². The van der Waals surface area contributed by atoms with Gasteiger partial charge in [-0.05, 0) is 6.42 Å². The van der Waals surface area contributed by atoms with Gasteiger partial charge in [0.1, 0.15) is 21.0 Å². The molecule has 7 heteroatoms. The molecule has 116 valence electrons. The fraction of sp³-hybridized carbons (Fsp3) is 0.917. The number of unbranched alkanes of at least 4 members (excludes halogenated alkanes) is 7. The molecule has 0 aromatic rings. The Morgan fingerprint density at radius 1 is 0.947 bits per heavy atom. The number of esters is 1. The van der Waals surface area contributed by atoms with Crippen molar-refractivity contribution < 1.29 is 17.8 Å². The minimum absolute atomic E-state index is 0.0732. The fourth-order valence-electron chi connectivity index (χ4n) is 1.62. The molecule has 0 bridgehead atoms. The molecule has 19 heavy (non-hydrogen) atoms. The normalized spacial score (nSPS) is 10.6. The highest BCUT2D eigenvalue weighted by Crippen LogP contribution is 2.09. The molecule has 0 rings (SSSR count). The minimum Gasteiger partial charge on any atom is -0.469 e. The van der Waals surface area contributed by atoms with Gasteiger partial charge in [0.25, 0.3) is 10.0 Å². The molecule has 0 N–H and O–H groups in total. The van der Waals surface area contributed by atoms with Crippen LogP contribution in [-0.2, 0) is 17.8 Å². The first kappa shape index (κ1) is 21.3. The molecular formula is C12H32O4Si3. The zero-order valence-electron chi connectivity index (χ0n) is 13.2. The molecule has 4 nitrogen and oxygen atoms in total. The molecule has 0 heterocycles. The zero-order chi connectivity index (χ0) is 14.8. The Hall–Kier alpha value is 0.0406. The van der Waals surface area contributed by atoms with Gasteiger partial charge in [-0.1, -0.05) is 51.9 Å². The average molecular weight is 325 g/mol. The summed E-state index contributed by atoms with van der Waals surface area (Å²) in [4.78, 5) is 10.8. The summed E-state index contributed by atoms with van der Waals surface area (Å²) in [5, 5.41) is 0. The maximum atomic E-state index is 10.8. The van der Waals surface area contributed by atoms with Crippen molar-refractivity contribution in [2.24, 2.45) is 0 Å². The number of hydrogen-bond acceptors (Lipinski definition) is 4. The average Bonchev–Trinajstić information content (AvgIpc) is 2.43. The molecule has 0 aliphatic heterocycles. The van der Waals surface area contributed by atoms with Crippen LogP contribution in [0.5, 0.6) is 0 Å². The molecule has 0 atom stereocenters. The number of hydrogen-bond donors (Lipinski definition) is 0. The van der Waals surface area contributed by atoms with Crippen molar-refractivity contribution in [3.63, 3.8) is 0 Å². The van der Waals surface area contributed by atoms with Crippen LogP contribution in [0.2, 0.25) is 0 Å². The van der Waals surface area contributed by atoms with Crippen LogP contribution in [-0.4, -0.2) is 44.1 Å². The van der Waals surface area contributed by atoms with E-state index in [1.54, 1.807) is 0 Å². The summed E-state index contributed by atoms with van der Waals surface area (Å²) >= 11 is 0. The maximum absolute atomic E-state index is 10.8. The van der Waals surface area contributed by atoms with E-state index in [0.717, 1.165) is 27.4 Å². The van der Waals surface area contributed by atoms with E-state index >= 15 is 0 Å². The Kier molecular flexibility index (Phi) is 22.9. The van der Waals surface area contributed by atoms with E-state index in [2.05, 4.69) is 11.7 Å². The summed E-state index contributed by atoms with van der Waals surface area (Å²) in [5.74, 6) is -0.0732. The van der Waals surface area contributed by atoms with Crippen LogP contribution in [0.1, 0.15) is 64.7 Å². The first-order chi connectivity index (χ1) is 9.22. The van der Waals surface area contributed by atoms with Gasteiger partial charge in [0.05, 0.1) is 7.11 Å². The van der Waals surface area contributed by atoms with Crippen molar-refractivity contribution in [1.82, 2.24) is 0 Å². The van der Waals surface area contributed by atoms with Gasteiger partial charge >= 0.3 is 5.97 Å². The van der Waals surface area contributed by atoms with Crippen LogP contribution in [0.15, 0.2) is 0 Å². The second kappa shape index (κ2) is 20.4. The smallest absolute Gasteiger partial charge is 0.305 e. The van der Waals surface area contributed by atoms with Crippen LogP contribution in [0.3, 0.4) is 0 Å². The van der Waals surface area contributed by atoms with Gasteiger partial charge in [-0.25, -0.2) is 0 Å². The predicted molar refractivity (Wildman–Crippen MR) is 89.8 cm³/mol. The Bertz CT molecular complexity index is 180. The molecule has 0 amide bonds. The first-order valence-electron chi connectivity index (χ1n) is 7.27. The fourth-order valence-corrected chi connectivity index (χ4v) is 4.69. The first-order valence-corrected chi connectivity index (χ1v) is 10.1. The molecule has 0 aliphatic rings. The molecule has 0 aliphatic carbocycles. The summed E-state index contributed by atoms with van der Waals surface area (Å²) in [6.07, 6.45) is 10.7. The number of methoxy groups -OCH3 is 1. The van der Waals surface area contributed by atoms with Crippen LogP contribution >= 0.6 is 0 Å². The standard InChI is InChI=1S/C12H24O2.H8O2Si3/c1-3-4-5-6-7-8-9-10-11-12(13)14-2;3-1-5-2-4/h3-11H2,1-2H3;5H2,3-4H3. The van der Waals surface area contributed by atoms with E-state index in [1.807, 2.05) is 0 Å². The Morgan fingerprint density at radius 3 is 1.79 bits per heavy atom. The van der Waals surface area contributed by atoms with Crippen molar-refractivity contribution in [3.8, 4) is 0 Å². The van der Waals surface area contributed by atoms with Crippen LogP contribution in [0.25, 0.3) is 0 Å². The van der Waals surface area contributed by atoms with Gasteiger partial charge < -0.3 is 13.0 Å². The summed E-state index contributed by atoms with van der Waals surface area (Å²) in [7, 11) is 2.72. The molecule has 0 saturated heterocycles. The molecule has 0 fully saturated rings. The lowest BCUT2D eigenvalue weighted by Crippen LogP contribution is -1.99. The van der Waals surface area contributed by atoms with Gasteiger partial charge in [-0.2, -0.15) is 0 Å². The van der Waals surface area contributed by atoms with Crippen molar-refractivity contribution >= 4 is 36.9 Å². The van der Waals surface area contributed by atoms with Gasteiger partial charge in [0.2, 0.25) is 0 Å². The molecule has 0 unspecified atom stereocenters. The number of ether oxygens (including phenoxy) is 1. The lowest BCUT2D eigenvalue weighted by molar-refractivity contribution is -0.140. The summed E-state index contributed by atoms with van der Waals surface area (Å²) < 4.78 is 14.1. The highest BCUT2D eigenvalue weighted by atomic mass is 28.3. The van der Waals surface area contributed by atoms with E-state index < -0.39 is 10.0 Å². The molecule has 0 saturated carbocycles. The summed E-state index contributed by atoms with van der Waals surface area (Å²) in [6.45, 7) is 2.23. The van der Waals surface area contributed by atoms with E-state index in [1.165, 1.54) is 52.1 Å². The Balaban J connectivity index is 0. The van der Waals surface area contributed by atoms with Crippen molar-refractivity contribution in [1.29, 1.82) is 0 Å². The minimum atomic E-state index is -0.444. The third-order valence-corrected chi connectivity index (χ3v) is 4.58. The maximum Gasteiger partial charge on any atom is 0.305 e. The number of carbonyl (C=O) groups excluding carboxylic acids is 1. The Morgan fingerprint density at radius 2 is 1.42 bits per heavy atom. The van der Waals surface area contributed by atoms with Crippen molar-refractivity contribution in [2.75, 3.05) is 7.11 Å². The molecule has 0 aromatic carbocycles. The van der Waals surface area contributed by atoms with Crippen LogP contribution < -0.4 is 0 Å². The summed E-state index contributed by atoms with van der Waals surface area (Å²) in [6, 6.07) is 0. The molecule has 0 radical (unpaired) electrons. The quantitative estimate of drug-likeness (QED) is 0.311. The highest BCUT2D eigenvalue weighted by molar-refractivity contribution is 6.33. The lowest BCUT2D eigenvalue weighted by atomic mass is 10.1. The highest BCUT2D eigenvalue weighted by Gasteiger charge is 1.98. The van der Waals surface area contributed by atoms with E-state index in [9.17, 15) is 4.79 Å². The lowest BCUT2D eigenvalue weighted by Gasteiger charge is -2.00. The monoisotopic (exact) mass is 324 g/mol. The third kappa shape index (κ3) is 23.5. The van der Waals surface area contributed by atoms with E-state index in [0.29, 0.717) is 6.42 Å². The molecular weight excluding hydrogens is 292 g/mol. The number of carbonyl (C=O) groups is 1. The largest absolute Gasteiger partial charge is 0.469 e.